The van der Waals surface area contributed by atoms with Gasteiger partial charge in [0.25, 0.3) is 0 Å². The summed E-state index contributed by atoms with van der Waals surface area (Å²) >= 11 is 0. The molecule has 0 saturated carbocycles. The van der Waals surface area contributed by atoms with Crippen LogP contribution in [-0.4, -0.2) is 5.97 Å². The Hall–Kier alpha value is -2.79. The van der Waals surface area contributed by atoms with Gasteiger partial charge in [0.2, 0.25) is 11.6 Å². The summed E-state index contributed by atoms with van der Waals surface area (Å²) in [6.45, 7) is 0.650. The zero-order valence-electron chi connectivity index (χ0n) is 13.3. The first-order chi connectivity index (χ1) is 12.6. The highest BCUT2D eigenvalue weighted by Crippen LogP contribution is 2.37. The van der Waals surface area contributed by atoms with Crippen molar-refractivity contribution in [2.75, 3.05) is 0 Å². The van der Waals surface area contributed by atoms with Crippen molar-refractivity contribution in [3.63, 3.8) is 0 Å². The highest BCUT2D eigenvalue weighted by Gasteiger charge is 2.38. The summed E-state index contributed by atoms with van der Waals surface area (Å²) in [6, 6.07) is -0.331. The van der Waals surface area contributed by atoms with Crippen LogP contribution in [0.3, 0.4) is 0 Å². The number of ether oxygens (including phenoxy) is 1. The van der Waals surface area contributed by atoms with Crippen LogP contribution >= 0.6 is 0 Å². The molecule has 2 rings (SSSR count). The van der Waals surface area contributed by atoms with Crippen LogP contribution in [0.1, 0.15) is 27.0 Å². The molecule has 0 amide bonds. The summed E-state index contributed by atoms with van der Waals surface area (Å²) in [5.74, 6) is -12.3. The molecule has 0 unspecified atom stereocenters. The molecule has 0 aliphatic heterocycles. The van der Waals surface area contributed by atoms with Crippen molar-refractivity contribution >= 4 is 5.97 Å². The van der Waals surface area contributed by atoms with E-state index in [1.165, 1.54) is 0 Å². The number of hydrogen-bond acceptors (Lipinski definition) is 2. The molecule has 0 saturated heterocycles. The van der Waals surface area contributed by atoms with Crippen LogP contribution in [0.2, 0.25) is 0 Å². The number of rotatable bonds is 2. The van der Waals surface area contributed by atoms with E-state index in [0.29, 0.717) is 6.92 Å². The maximum atomic E-state index is 13.7. The molecule has 0 bridgehead atoms. The minimum atomic E-state index is -5.29. The van der Waals surface area contributed by atoms with Crippen molar-refractivity contribution in [1.82, 2.24) is 0 Å². The zero-order valence-corrected chi connectivity index (χ0v) is 13.3. The van der Waals surface area contributed by atoms with Gasteiger partial charge in [-0.25, -0.2) is 18.0 Å². The van der Waals surface area contributed by atoms with Gasteiger partial charge in [0.1, 0.15) is 0 Å². The van der Waals surface area contributed by atoms with E-state index in [9.17, 15) is 48.7 Å². The van der Waals surface area contributed by atoms with E-state index >= 15 is 0 Å². The normalized spacial score (nSPS) is 12.2. The lowest BCUT2D eigenvalue weighted by atomic mass is 10.0. The van der Waals surface area contributed by atoms with Crippen LogP contribution in [0.5, 0.6) is 5.75 Å². The predicted octanol–water partition coefficient (Wildman–Crippen LogP) is 5.81. The van der Waals surface area contributed by atoms with Gasteiger partial charge in [0.15, 0.2) is 17.4 Å². The molecule has 2 nitrogen and oxygen atoms in total. The maximum absolute atomic E-state index is 13.7. The van der Waals surface area contributed by atoms with Gasteiger partial charge >= 0.3 is 18.3 Å². The van der Waals surface area contributed by atoms with Crippen molar-refractivity contribution in [2.45, 2.75) is 19.3 Å². The molecule has 12 heteroatoms. The van der Waals surface area contributed by atoms with Crippen LogP contribution < -0.4 is 4.74 Å². The Morgan fingerprint density at radius 2 is 1.18 bits per heavy atom. The highest BCUT2D eigenvalue weighted by molar-refractivity contribution is 5.91. The molecule has 0 radical (unpaired) electrons. The fourth-order valence-electron chi connectivity index (χ4n) is 2.07. The van der Waals surface area contributed by atoms with E-state index < -0.39 is 69.6 Å². The van der Waals surface area contributed by atoms with Gasteiger partial charge in [-0.05, 0) is 25.1 Å². The second-order valence-corrected chi connectivity index (χ2v) is 5.39. The van der Waals surface area contributed by atoms with Crippen molar-refractivity contribution in [3.05, 3.63) is 63.7 Å². The monoisotopic (exact) mass is 420 g/mol. The summed E-state index contributed by atoms with van der Waals surface area (Å²) in [4.78, 5) is 11.9. The van der Waals surface area contributed by atoms with Gasteiger partial charge in [-0.15, -0.1) is 0 Å². The van der Waals surface area contributed by atoms with E-state index in [4.69, 9.17) is 0 Å². The van der Waals surface area contributed by atoms with Gasteiger partial charge in [-0.2, -0.15) is 30.7 Å². The third kappa shape index (κ3) is 4.04. The fraction of sp³-hybridized carbons (Fsp3) is 0.188. The second-order valence-electron chi connectivity index (χ2n) is 5.39. The molecule has 0 fully saturated rings. The average Bonchev–Trinajstić information content (AvgIpc) is 2.60. The lowest BCUT2D eigenvalue weighted by Crippen LogP contribution is -2.17. The van der Waals surface area contributed by atoms with E-state index in [-0.39, 0.29) is 18.2 Å². The molecule has 152 valence electrons. The van der Waals surface area contributed by atoms with Crippen LogP contribution in [0, 0.1) is 30.2 Å². The van der Waals surface area contributed by atoms with Crippen LogP contribution in [-0.2, 0) is 12.4 Å². The lowest BCUT2D eigenvalue weighted by molar-refractivity contribution is -0.143. The van der Waals surface area contributed by atoms with E-state index in [1.807, 2.05) is 0 Å². The molecule has 2 aromatic carbocycles. The number of carbonyl (C=O) groups is 1. The zero-order chi connectivity index (χ0) is 21.6. The molecule has 0 aromatic heterocycles. The largest absolute Gasteiger partial charge is 0.419 e. The number of hydrogen-bond donors (Lipinski definition) is 0. The molecule has 0 aliphatic rings. The van der Waals surface area contributed by atoms with Crippen molar-refractivity contribution in [1.29, 1.82) is 0 Å². The van der Waals surface area contributed by atoms with Crippen molar-refractivity contribution < 1.29 is 53.4 Å². The van der Waals surface area contributed by atoms with Crippen molar-refractivity contribution in [2.24, 2.45) is 0 Å². The third-order valence-electron chi connectivity index (χ3n) is 3.47. The topological polar surface area (TPSA) is 26.3 Å². The summed E-state index contributed by atoms with van der Waals surface area (Å²) in [7, 11) is 0. The summed E-state index contributed by atoms with van der Waals surface area (Å²) in [5.41, 5.74) is -6.13. The molecule has 28 heavy (non-hydrogen) atoms. The maximum Gasteiger partial charge on any atom is 0.416 e. The quantitative estimate of drug-likeness (QED) is 0.202. The minimum absolute atomic E-state index is 0.0267. The van der Waals surface area contributed by atoms with Crippen LogP contribution in [0.4, 0.5) is 43.9 Å². The van der Waals surface area contributed by atoms with Crippen LogP contribution in [0.15, 0.2) is 18.2 Å². The Bertz CT molecular complexity index is 883. The molecular weight excluding hydrogens is 414 g/mol. The van der Waals surface area contributed by atoms with Gasteiger partial charge in [0.05, 0.1) is 16.7 Å². The number of esters is 1. The summed E-state index contributed by atoms with van der Waals surface area (Å²) in [5, 5.41) is 0. The highest BCUT2D eigenvalue weighted by atomic mass is 19.4. The average molecular weight is 420 g/mol. The Balaban J connectivity index is 2.57. The second kappa shape index (κ2) is 6.99. The molecule has 0 aliphatic carbocycles. The number of benzene rings is 2. The lowest BCUT2D eigenvalue weighted by Gasteiger charge is -2.15. The number of alkyl halides is 6. The van der Waals surface area contributed by atoms with Gasteiger partial charge in [0, 0.05) is 5.56 Å². The molecule has 2 aromatic rings. The van der Waals surface area contributed by atoms with Gasteiger partial charge < -0.3 is 4.74 Å². The minimum Gasteiger partial charge on any atom is -0.419 e. The van der Waals surface area contributed by atoms with Gasteiger partial charge in [-0.1, -0.05) is 0 Å². The number of carbonyl (C=O) groups excluding carboxylic acids is 1. The van der Waals surface area contributed by atoms with E-state index in [1.54, 1.807) is 0 Å². The molecular formula is C16H6F10O2. The standard InChI is InChI=1S/C16H6F10O2/c1-5-9(17)10(18)11(19)12(20)13(5)28-14(27)6-2-7(15(21,22)23)4-8(3-6)16(24,25)26/h2-4H,1H3. The summed E-state index contributed by atoms with van der Waals surface area (Å²) in [6.07, 6.45) is -10.6. The smallest absolute Gasteiger partial charge is 0.416 e. The van der Waals surface area contributed by atoms with Gasteiger partial charge in [-0.3, -0.25) is 0 Å². The SMILES string of the molecule is Cc1c(F)c(F)c(F)c(F)c1OC(=O)c1cc(C(F)(F)F)cc(C(F)(F)F)c1. The molecule has 0 N–H and O–H groups in total. The number of halogens is 10. The van der Waals surface area contributed by atoms with E-state index in [0.717, 1.165) is 0 Å². The third-order valence-corrected chi connectivity index (χ3v) is 3.47. The Labute approximate surface area is 149 Å². The Morgan fingerprint density at radius 3 is 1.61 bits per heavy atom. The first-order valence-electron chi connectivity index (χ1n) is 6.98. The summed E-state index contributed by atoms with van der Waals surface area (Å²) < 4.78 is 134. The fourth-order valence-corrected chi connectivity index (χ4v) is 2.07. The molecule has 0 spiro atoms. The Kier molecular flexibility index (Phi) is 5.37. The Morgan fingerprint density at radius 1 is 0.750 bits per heavy atom. The van der Waals surface area contributed by atoms with Crippen LogP contribution in [0.25, 0.3) is 0 Å². The molecule has 0 heterocycles. The van der Waals surface area contributed by atoms with Crippen molar-refractivity contribution in [3.8, 4) is 5.75 Å². The first-order valence-corrected chi connectivity index (χ1v) is 6.98. The van der Waals surface area contributed by atoms with E-state index in [2.05, 4.69) is 4.74 Å². The molecule has 0 atom stereocenters. The first kappa shape index (κ1) is 21.5. The predicted molar refractivity (Wildman–Crippen MR) is 72.4 cm³/mol.